The zero-order chi connectivity index (χ0) is 29.2. The molecule has 14 heteroatoms. The van der Waals surface area contributed by atoms with Gasteiger partial charge in [-0.1, -0.05) is 11.2 Å². The summed E-state index contributed by atoms with van der Waals surface area (Å²) in [4.78, 5) is 31.9. The molecule has 3 aliphatic carbocycles. The number of benzene rings is 1. The molecule has 0 unspecified atom stereocenters. The number of hydrogen-bond donors (Lipinski definition) is 2. The van der Waals surface area contributed by atoms with Crippen molar-refractivity contribution in [1.82, 2.24) is 30.8 Å². The summed E-state index contributed by atoms with van der Waals surface area (Å²) in [5.74, 6) is 1.23. The van der Waals surface area contributed by atoms with E-state index in [0.29, 0.717) is 40.1 Å². The number of alkyl halides is 3. The van der Waals surface area contributed by atoms with Crippen molar-refractivity contribution >= 4 is 23.0 Å². The highest BCUT2D eigenvalue weighted by Crippen LogP contribution is 2.54. The minimum atomic E-state index is -4.56. The van der Waals surface area contributed by atoms with Crippen LogP contribution in [0.25, 0.3) is 11.1 Å². The number of rotatable bonds is 11. The number of fused-ring (bicyclic) bond motifs is 1. The first-order valence-corrected chi connectivity index (χ1v) is 14.4. The average Bonchev–Trinajstić information content (AvgIpc) is 3.91. The zero-order valence-corrected chi connectivity index (χ0v) is 22.9. The summed E-state index contributed by atoms with van der Waals surface area (Å²) in [6.45, 7) is -0.538. The molecule has 4 fully saturated rings. The fourth-order valence-corrected chi connectivity index (χ4v) is 6.24. The molecule has 3 heterocycles. The topological polar surface area (TPSA) is 136 Å². The first kappa shape index (κ1) is 27.2. The van der Waals surface area contributed by atoms with Crippen molar-refractivity contribution in [2.24, 2.45) is 17.8 Å². The summed E-state index contributed by atoms with van der Waals surface area (Å²) >= 11 is 0. The number of carbonyl (C=O) groups excluding carboxylic acids is 2. The highest BCUT2D eigenvalue weighted by atomic mass is 19.4. The van der Waals surface area contributed by atoms with Crippen molar-refractivity contribution in [3.63, 3.8) is 0 Å². The largest absolute Gasteiger partial charge is 0.438 e. The van der Waals surface area contributed by atoms with Crippen LogP contribution in [-0.4, -0.2) is 64.6 Å². The van der Waals surface area contributed by atoms with E-state index in [1.165, 1.54) is 7.11 Å². The van der Waals surface area contributed by atoms with Gasteiger partial charge in [-0.05, 0) is 79.1 Å². The van der Waals surface area contributed by atoms with Crippen LogP contribution in [0.15, 0.2) is 27.2 Å². The van der Waals surface area contributed by atoms with Gasteiger partial charge in [0.15, 0.2) is 11.3 Å². The Hall–Kier alpha value is -3.68. The minimum absolute atomic E-state index is 0.00656. The number of ether oxygens (including phenoxy) is 1. The van der Waals surface area contributed by atoms with Crippen LogP contribution in [0, 0.1) is 17.8 Å². The second kappa shape index (κ2) is 10.2. The van der Waals surface area contributed by atoms with Gasteiger partial charge in [-0.25, -0.2) is 14.4 Å². The third-order valence-electron chi connectivity index (χ3n) is 8.81. The molecule has 4 aliphatic rings. The first-order valence-electron chi connectivity index (χ1n) is 14.4. The second-order valence-electron chi connectivity index (χ2n) is 11.9. The molecule has 3 aromatic rings. The van der Waals surface area contributed by atoms with Gasteiger partial charge in [0, 0.05) is 13.0 Å². The Bertz CT molecular complexity index is 1480. The zero-order valence-electron chi connectivity index (χ0n) is 22.9. The monoisotopic (exact) mass is 588 g/mol. The van der Waals surface area contributed by atoms with Gasteiger partial charge in [0.1, 0.15) is 23.3 Å². The summed E-state index contributed by atoms with van der Waals surface area (Å²) in [5, 5.41) is 13.0. The molecule has 0 bridgehead atoms. The van der Waals surface area contributed by atoms with Crippen LogP contribution in [0.2, 0.25) is 0 Å². The molecule has 224 valence electrons. The Balaban J connectivity index is 1.19. The molecular weight excluding hydrogens is 557 g/mol. The number of oxazole rings is 1. The van der Waals surface area contributed by atoms with E-state index >= 15 is 0 Å². The number of methoxy groups -OCH3 is 1. The van der Waals surface area contributed by atoms with Crippen molar-refractivity contribution in [2.75, 3.05) is 20.3 Å². The van der Waals surface area contributed by atoms with E-state index in [4.69, 9.17) is 18.8 Å². The molecular formula is C28H31F3N6O5. The first-order chi connectivity index (χ1) is 20.2. The number of nitrogens with one attached hydrogen (secondary N) is 2. The second-order valence-corrected chi connectivity index (χ2v) is 11.9. The number of nitrogens with zero attached hydrogens (tertiary/aromatic N) is 4. The molecule has 42 heavy (non-hydrogen) atoms. The molecule has 7 rings (SSSR count). The summed E-state index contributed by atoms with van der Waals surface area (Å²) in [6, 6.07) is 1.05. The van der Waals surface area contributed by atoms with Crippen LogP contribution in [0.4, 0.5) is 18.0 Å². The fraction of sp³-hybridized carbons (Fsp3) is 0.607. The van der Waals surface area contributed by atoms with Gasteiger partial charge in [0.25, 0.3) is 5.91 Å². The summed E-state index contributed by atoms with van der Waals surface area (Å²) in [5.41, 5.74) is 2.27. The van der Waals surface area contributed by atoms with Gasteiger partial charge in [-0.15, -0.1) is 0 Å². The fourth-order valence-electron chi connectivity index (χ4n) is 6.24. The van der Waals surface area contributed by atoms with E-state index in [-0.39, 0.29) is 30.0 Å². The Morgan fingerprint density at radius 1 is 1.17 bits per heavy atom. The number of carbonyl (C=O) groups is 2. The number of halogens is 3. The molecule has 3 saturated carbocycles. The van der Waals surface area contributed by atoms with E-state index in [1.54, 1.807) is 18.2 Å². The lowest BCUT2D eigenvalue weighted by atomic mass is 9.89. The van der Waals surface area contributed by atoms with Crippen LogP contribution < -0.4 is 10.6 Å². The van der Waals surface area contributed by atoms with Gasteiger partial charge < -0.3 is 24.7 Å². The molecule has 2 aromatic heterocycles. The Labute approximate surface area is 238 Å². The molecule has 0 spiro atoms. The number of hydrogen-bond acceptors (Lipinski definition) is 8. The third kappa shape index (κ3) is 5.20. The van der Waals surface area contributed by atoms with Crippen molar-refractivity contribution in [1.29, 1.82) is 0 Å². The number of aromatic nitrogens is 3. The van der Waals surface area contributed by atoms with Crippen LogP contribution >= 0.6 is 0 Å². The van der Waals surface area contributed by atoms with Crippen molar-refractivity contribution in [3.05, 3.63) is 41.0 Å². The average molecular weight is 589 g/mol. The predicted molar refractivity (Wildman–Crippen MR) is 139 cm³/mol. The summed E-state index contributed by atoms with van der Waals surface area (Å²) < 4.78 is 56.4. The van der Waals surface area contributed by atoms with Gasteiger partial charge in [-0.2, -0.15) is 13.2 Å². The highest BCUT2D eigenvalue weighted by Gasteiger charge is 2.50. The molecule has 3 atom stereocenters. The van der Waals surface area contributed by atoms with Crippen molar-refractivity contribution < 1.29 is 36.5 Å². The molecule has 1 aromatic carbocycles. The maximum absolute atomic E-state index is 13.5. The maximum Gasteiger partial charge on any atom is 0.410 e. The summed E-state index contributed by atoms with van der Waals surface area (Å²) in [7, 11) is 1.43. The molecule has 1 saturated heterocycles. The van der Waals surface area contributed by atoms with E-state index in [1.807, 2.05) is 5.32 Å². The lowest BCUT2D eigenvalue weighted by Gasteiger charge is -2.27. The maximum atomic E-state index is 13.5. The molecule has 11 nitrogen and oxygen atoms in total. The lowest BCUT2D eigenvalue weighted by Crippen LogP contribution is -2.40. The predicted octanol–water partition coefficient (Wildman–Crippen LogP) is 4.64. The normalized spacial score (nSPS) is 22.5. The summed E-state index contributed by atoms with van der Waals surface area (Å²) in [6.07, 6.45) is 1.63. The van der Waals surface area contributed by atoms with Crippen LogP contribution in [0.5, 0.6) is 0 Å². The Morgan fingerprint density at radius 3 is 2.52 bits per heavy atom. The van der Waals surface area contributed by atoms with E-state index in [2.05, 4.69) is 15.6 Å². The lowest BCUT2D eigenvalue weighted by molar-refractivity contribution is -0.150. The molecule has 1 aliphatic heterocycles. The SMILES string of the molecule is COC[C@H](c1ccc2oc([C@@H](NC(=O)c3nonc3C3CC3)C(C3CC3)C3CC3)nc2c1)N1C[C@@H](C(F)(F)F)NC1=O. The standard InChI is InChI=1S/C28H31F3N6O5/c1-40-12-18(37-11-20(28(29,30)31)33-27(37)39)16-8-9-19-17(10-16)32-26(41-19)23(21(13-2-3-13)14-4-5-14)34-25(38)24-22(15-6-7-15)35-42-36-24/h8-10,13-15,18,20-21,23H,2-7,11-12H2,1H3,(H,33,39)(H,34,38)/t18-,20+,23+/m1/s1. The quantitative estimate of drug-likeness (QED) is 0.331. The van der Waals surface area contributed by atoms with Gasteiger partial charge >= 0.3 is 12.2 Å². The third-order valence-corrected chi connectivity index (χ3v) is 8.81. The Morgan fingerprint density at radius 2 is 1.90 bits per heavy atom. The van der Waals surface area contributed by atoms with Gasteiger partial charge in [0.05, 0.1) is 19.2 Å². The molecule has 0 radical (unpaired) electrons. The highest BCUT2D eigenvalue weighted by molar-refractivity contribution is 5.93. The smallest absolute Gasteiger partial charge is 0.410 e. The Kier molecular flexibility index (Phi) is 6.63. The number of urea groups is 1. The van der Waals surface area contributed by atoms with Crippen LogP contribution in [0.3, 0.4) is 0 Å². The van der Waals surface area contributed by atoms with Gasteiger partial charge in [-0.3, -0.25) is 4.79 Å². The molecule has 3 amide bonds. The number of amides is 3. The van der Waals surface area contributed by atoms with Crippen LogP contribution in [0.1, 0.15) is 84.2 Å². The van der Waals surface area contributed by atoms with E-state index in [0.717, 1.165) is 43.4 Å². The van der Waals surface area contributed by atoms with Crippen LogP contribution in [-0.2, 0) is 4.74 Å². The van der Waals surface area contributed by atoms with E-state index < -0.39 is 36.9 Å². The van der Waals surface area contributed by atoms with Crippen molar-refractivity contribution in [3.8, 4) is 0 Å². The van der Waals surface area contributed by atoms with Crippen molar-refractivity contribution in [2.45, 2.75) is 68.7 Å². The molecule has 2 N–H and O–H groups in total. The van der Waals surface area contributed by atoms with E-state index in [9.17, 15) is 22.8 Å². The van der Waals surface area contributed by atoms with Gasteiger partial charge in [0.2, 0.25) is 5.89 Å². The minimum Gasteiger partial charge on any atom is -0.438 e.